The highest BCUT2D eigenvalue weighted by molar-refractivity contribution is 6.23. The number of carbonyl (C=O) groups is 3. The van der Waals surface area contributed by atoms with Crippen LogP contribution in [0.25, 0.3) is 0 Å². The molecule has 0 aliphatic carbocycles. The Balaban J connectivity index is 1.65. The molecule has 0 saturated carbocycles. The Bertz CT molecular complexity index is 905. The first kappa shape index (κ1) is 16.4. The molecule has 0 N–H and O–H groups in total. The summed E-state index contributed by atoms with van der Waals surface area (Å²) >= 11 is 0. The Kier molecular flexibility index (Phi) is 3.83. The molecule has 6 heteroatoms. The van der Waals surface area contributed by atoms with Crippen LogP contribution >= 0.6 is 0 Å². The van der Waals surface area contributed by atoms with Crippen molar-refractivity contribution in [2.75, 3.05) is 11.4 Å². The Hall–Kier alpha value is -3.02. The van der Waals surface area contributed by atoms with Crippen LogP contribution in [0.1, 0.15) is 39.6 Å². The van der Waals surface area contributed by atoms with Gasteiger partial charge in [-0.1, -0.05) is 12.1 Å². The third kappa shape index (κ3) is 2.41. The highest BCUT2D eigenvalue weighted by Crippen LogP contribution is 2.30. The van der Waals surface area contributed by atoms with Crippen LogP contribution in [0.5, 0.6) is 0 Å². The third-order valence-electron chi connectivity index (χ3n) is 5.00. The van der Waals surface area contributed by atoms with Gasteiger partial charge < -0.3 is 4.90 Å². The van der Waals surface area contributed by atoms with Crippen LogP contribution in [0.15, 0.2) is 42.5 Å². The number of amides is 3. The van der Waals surface area contributed by atoms with Crippen LogP contribution in [0.4, 0.5) is 10.1 Å². The average molecular weight is 352 g/mol. The van der Waals surface area contributed by atoms with E-state index in [9.17, 15) is 18.8 Å². The zero-order chi connectivity index (χ0) is 18.4. The fourth-order valence-electron chi connectivity index (χ4n) is 3.69. The van der Waals surface area contributed by atoms with Gasteiger partial charge in [-0.3, -0.25) is 19.3 Å². The summed E-state index contributed by atoms with van der Waals surface area (Å²) < 4.78 is 13.5. The van der Waals surface area contributed by atoms with Crippen LogP contribution in [0, 0.1) is 5.82 Å². The first-order chi connectivity index (χ1) is 12.5. The maximum atomic E-state index is 13.5. The van der Waals surface area contributed by atoms with Crippen LogP contribution in [0.2, 0.25) is 0 Å². The van der Waals surface area contributed by atoms with Gasteiger partial charge in [-0.25, -0.2) is 4.39 Å². The minimum absolute atomic E-state index is 0.318. The number of hydrogen-bond donors (Lipinski definition) is 0. The van der Waals surface area contributed by atoms with E-state index in [2.05, 4.69) is 0 Å². The number of aryl methyl sites for hydroxylation is 1. The predicted molar refractivity (Wildman–Crippen MR) is 93.5 cm³/mol. The van der Waals surface area contributed by atoms with E-state index in [0.29, 0.717) is 36.2 Å². The smallest absolute Gasteiger partial charge is 0.262 e. The second kappa shape index (κ2) is 6.05. The average Bonchev–Trinajstić information content (AvgIpc) is 2.91. The molecule has 2 aromatic rings. The number of hydrogen-bond acceptors (Lipinski definition) is 3. The minimum atomic E-state index is -0.932. The van der Waals surface area contributed by atoms with Gasteiger partial charge >= 0.3 is 0 Å². The van der Waals surface area contributed by atoms with Crippen molar-refractivity contribution in [3.63, 3.8) is 0 Å². The van der Waals surface area contributed by atoms with Gasteiger partial charge in [-0.2, -0.15) is 0 Å². The lowest BCUT2D eigenvalue weighted by atomic mass is 10.0. The lowest BCUT2D eigenvalue weighted by Gasteiger charge is -2.33. The Labute approximate surface area is 150 Å². The number of carbonyl (C=O) groups excluding carboxylic acids is 3. The molecule has 0 radical (unpaired) electrons. The molecule has 0 aromatic heterocycles. The number of fused-ring (bicyclic) bond motifs is 2. The van der Waals surface area contributed by atoms with Gasteiger partial charge in [0.1, 0.15) is 11.9 Å². The van der Waals surface area contributed by atoms with E-state index in [1.807, 2.05) is 0 Å². The van der Waals surface area contributed by atoms with Gasteiger partial charge in [-0.15, -0.1) is 0 Å². The van der Waals surface area contributed by atoms with Gasteiger partial charge in [-0.05, 0) is 55.7 Å². The number of imide groups is 1. The van der Waals surface area contributed by atoms with Crippen molar-refractivity contribution >= 4 is 23.4 Å². The molecule has 1 atom stereocenters. The molecule has 4 rings (SSSR count). The second-order valence-electron chi connectivity index (χ2n) is 6.57. The van der Waals surface area contributed by atoms with Gasteiger partial charge in [0.15, 0.2) is 0 Å². The highest BCUT2D eigenvalue weighted by atomic mass is 19.1. The molecular formula is C20H17FN2O3. The van der Waals surface area contributed by atoms with Crippen LogP contribution in [-0.2, 0) is 11.2 Å². The largest absolute Gasteiger partial charge is 0.310 e. The second-order valence-corrected chi connectivity index (χ2v) is 6.57. The summed E-state index contributed by atoms with van der Waals surface area (Å²) in [5.74, 6) is -1.59. The summed E-state index contributed by atoms with van der Waals surface area (Å²) in [6.45, 7) is 2.03. The molecule has 0 saturated heterocycles. The minimum Gasteiger partial charge on any atom is -0.310 e. The van der Waals surface area contributed by atoms with Gasteiger partial charge in [0.05, 0.1) is 11.1 Å². The van der Waals surface area contributed by atoms with Crippen molar-refractivity contribution < 1.29 is 18.8 Å². The summed E-state index contributed by atoms with van der Waals surface area (Å²) in [4.78, 5) is 40.8. The Morgan fingerprint density at radius 1 is 1.08 bits per heavy atom. The number of nitrogens with zero attached hydrogens (tertiary/aromatic N) is 2. The molecule has 3 amide bonds. The van der Waals surface area contributed by atoms with Crippen molar-refractivity contribution in [2.45, 2.75) is 25.8 Å². The first-order valence-electron chi connectivity index (χ1n) is 8.56. The normalized spacial score (nSPS) is 17.2. The standard InChI is InChI=1S/C20H17FN2O3/c1-12(23-19(25)15-6-2-3-7-16(15)20(23)26)18(24)22-10-4-5-13-11-14(21)8-9-17(13)22/h2-3,6-9,11-12H,4-5,10H2,1H3. The predicted octanol–water partition coefficient (Wildman–Crippen LogP) is 2.79. The van der Waals surface area contributed by atoms with Gasteiger partial charge in [0.25, 0.3) is 11.8 Å². The number of anilines is 1. The molecule has 132 valence electrons. The summed E-state index contributed by atoms with van der Waals surface area (Å²) in [6, 6.07) is 9.95. The molecule has 5 nitrogen and oxygen atoms in total. The van der Waals surface area contributed by atoms with Crippen molar-refractivity contribution in [3.8, 4) is 0 Å². The van der Waals surface area contributed by atoms with Crippen molar-refractivity contribution in [2.24, 2.45) is 0 Å². The molecule has 0 spiro atoms. The zero-order valence-corrected chi connectivity index (χ0v) is 14.2. The summed E-state index contributed by atoms with van der Waals surface area (Å²) in [5, 5.41) is 0. The van der Waals surface area contributed by atoms with E-state index < -0.39 is 17.9 Å². The third-order valence-corrected chi connectivity index (χ3v) is 5.00. The van der Waals surface area contributed by atoms with E-state index >= 15 is 0 Å². The molecular weight excluding hydrogens is 335 g/mol. The van der Waals surface area contributed by atoms with Crippen molar-refractivity contribution in [1.82, 2.24) is 4.90 Å². The van der Waals surface area contributed by atoms with E-state index in [4.69, 9.17) is 0 Å². The molecule has 2 aliphatic rings. The SMILES string of the molecule is CC(C(=O)N1CCCc2cc(F)ccc21)N1C(=O)c2ccccc2C1=O. The summed E-state index contributed by atoms with van der Waals surface area (Å²) in [5.41, 5.74) is 2.04. The number of benzene rings is 2. The fraction of sp³-hybridized carbons (Fsp3) is 0.250. The van der Waals surface area contributed by atoms with Crippen LogP contribution in [0.3, 0.4) is 0 Å². The zero-order valence-electron chi connectivity index (χ0n) is 14.2. The molecule has 0 fully saturated rings. The van der Waals surface area contributed by atoms with E-state index in [1.54, 1.807) is 42.2 Å². The van der Waals surface area contributed by atoms with E-state index in [-0.39, 0.29) is 11.7 Å². The molecule has 2 aliphatic heterocycles. The van der Waals surface area contributed by atoms with E-state index in [0.717, 1.165) is 10.5 Å². The van der Waals surface area contributed by atoms with Gasteiger partial charge in [0.2, 0.25) is 5.91 Å². The topological polar surface area (TPSA) is 57.7 Å². The monoisotopic (exact) mass is 352 g/mol. The van der Waals surface area contributed by atoms with Crippen LogP contribution in [-0.4, -0.2) is 35.2 Å². The van der Waals surface area contributed by atoms with Crippen molar-refractivity contribution in [1.29, 1.82) is 0 Å². The molecule has 2 heterocycles. The van der Waals surface area contributed by atoms with Crippen LogP contribution < -0.4 is 4.90 Å². The summed E-state index contributed by atoms with van der Waals surface area (Å²) in [7, 11) is 0. The quantitative estimate of drug-likeness (QED) is 0.781. The van der Waals surface area contributed by atoms with E-state index in [1.165, 1.54) is 12.1 Å². The molecule has 2 aromatic carbocycles. The Morgan fingerprint density at radius 2 is 1.73 bits per heavy atom. The van der Waals surface area contributed by atoms with Gasteiger partial charge in [0, 0.05) is 12.2 Å². The maximum Gasteiger partial charge on any atom is 0.262 e. The molecule has 0 bridgehead atoms. The first-order valence-corrected chi connectivity index (χ1v) is 8.56. The Morgan fingerprint density at radius 3 is 2.38 bits per heavy atom. The molecule has 26 heavy (non-hydrogen) atoms. The number of rotatable bonds is 2. The summed E-state index contributed by atoms with van der Waals surface area (Å²) in [6.07, 6.45) is 1.40. The number of halogens is 1. The fourth-order valence-corrected chi connectivity index (χ4v) is 3.69. The maximum absolute atomic E-state index is 13.5. The lowest BCUT2D eigenvalue weighted by Crippen LogP contribution is -2.50. The van der Waals surface area contributed by atoms with Crippen molar-refractivity contribution in [3.05, 3.63) is 65.0 Å². The highest BCUT2D eigenvalue weighted by Gasteiger charge is 2.42. The lowest BCUT2D eigenvalue weighted by molar-refractivity contribution is -0.122. The molecule has 1 unspecified atom stereocenters.